The molecule has 0 radical (unpaired) electrons. The Balaban J connectivity index is 1.43. The van der Waals surface area contributed by atoms with Crippen LogP contribution in [0.1, 0.15) is 30.1 Å². The highest BCUT2D eigenvalue weighted by molar-refractivity contribution is 7.99. The first-order valence-corrected chi connectivity index (χ1v) is 12.9. The number of piperidine rings is 3. The number of hydrogen-bond donors (Lipinski definition) is 2. The lowest BCUT2D eigenvalue weighted by Crippen LogP contribution is -2.62. The van der Waals surface area contributed by atoms with Gasteiger partial charge >= 0.3 is 0 Å². The van der Waals surface area contributed by atoms with E-state index in [1.165, 1.54) is 11.8 Å². The van der Waals surface area contributed by atoms with E-state index in [0.717, 1.165) is 42.0 Å². The SMILES string of the molecule is C[C@H]1[C@H](NC(=O)c2ccc(Sc3ccccc3NS(C)(=O)=O)cc2)C2CCN1CC2. The van der Waals surface area contributed by atoms with Crippen LogP contribution in [0.4, 0.5) is 5.69 Å². The molecule has 1 amide bonds. The number of nitrogens with zero attached hydrogens (tertiary/aromatic N) is 1. The summed E-state index contributed by atoms with van der Waals surface area (Å²) in [5, 5.41) is 3.26. The molecule has 0 unspecified atom stereocenters. The van der Waals surface area contributed by atoms with Gasteiger partial charge in [0.2, 0.25) is 10.0 Å². The van der Waals surface area contributed by atoms with Crippen LogP contribution in [0.5, 0.6) is 0 Å². The van der Waals surface area contributed by atoms with E-state index in [-0.39, 0.29) is 11.9 Å². The smallest absolute Gasteiger partial charge is 0.251 e. The van der Waals surface area contributed by atoms with Crippen molar-refractivity contribution < 1.29 is 13.2 Å². The number of para-hydroxylation sites is 1. The minimum absolute atomic E-state index is 0.0312. The number of amides is 1. The predicted molar refractivity (Wildman–Crippen MR) is 120 cm³/mol. The predicted octanol–water partition coefficient (Wildman–Crippen LogP) is 3.42. The Kier molecular flexibility index (Phi) is 6.09. The highest BCUT2D eigenvalue weighted by atomic mass is 32.2. The fourth-order valence-corrected chi connectivity index (χ4v) is 5.96. The van der Waals surface area contributed by atoms with E-state index >= 15 is 0 Å². The molecular weight excluding hydrogens is 418 g/mol. The maximum absolute atomic E-state index is 12.8. The number of nitrogens with one attached hydrogen (secondary N) is 2. The molecule has 6 nitrogen and oxygen atoms in total. The van der Waals surface area contributed by atoms with Gasteiger partial charge in [0.25, 0.3) is 5.91 Å². The number of carbonyl (C=O) groups excluding carboxylic acids is 1. The molecule has 3 aliphatic heterocycles. The molecular formula is C22H27N3O3S2. The van der Waals surface area contributed by atoms with Crippen molar-refractivity contribution in [2.24, 2.45) is 5.92 Å². The van der Waals surface area contributed by atoms with Crippen LogP contribution >= 0.6 is 11.8 Å². The quantitative estimate of drug-likeness (QED) is 0.712. The Morgan fingerprint density at radius 3 is 2.37 bits per heavy atom. The second-order valence-corrected chi connectivity index (χ2v) is 11.0. The zero-order valence-electron chi connectivity index (χ0n) is 17.2. The van der Waals surface area contributed by atoms with Crippen molar-refractivity contribution in [1.29, 1.82) is 0 Å². The van der Waals surface area contributed by atoms with Gasteiger partial charge in [-0.3, -0.25) is 14.4 Å². The van der Waals surface area contributed by atoms with Gasteiger partial charge in [0.1, 0.15) is 0 Å². The van der Waals surface area contributed by atoms with Crippen LogP contribution in [-0.2, 0) is 10.0 Å². The normalized spacial score (nSPS) is 25.7. The lowest BCUT2D eigenvalue weighted by Gasteiger charge is -2.49. The van der Waals surface area contributed by atoms with Crippen molar-refractivity contribution in [2.75, 3.05) is 24.1 Å². The molecule has 160 valence electrons. The summed E-state index contributed by atoms with van der Waals surface area (Å²) in [6.07, 6.45) is 3.45. The number of hydrogen-bond acceptors (Lipinski definition) is 5. The van der Waals surface area contributed by atoms with Gasteiger partial charge in [-0.05, 0) is 75.2 Å². The van der Waals surface area contributed by atoms with E-state index in [4.69, 9.17) is 0 Å². The summed E-state index contributed by atoms with van der Waals surface area (Å²) >= 11 is 1.46. The Morgan fingerprint density at radius 2 is 1.73 bits per heavy atom. The standard InChI is InChI=1S/C22H27N3O3S2/c1-15-21(16-11-13-25(15)14-12-16)23-22(26)17-7-9-18(10-8-17)29-20-6-4-3-5-19(20)24-30(2,27)28/h3-10,15-16,21,24H,11-14H2,1-2H3,(H,23,26)/t15-,21-/m0/s1. The van der Waals surface area contributed by atoms with Crippen LogP contribution in [-0.4, -0.2) is 50.7 Å². The summed E-state index contributed by atoms with van der Waals surface area (Å²) < 4.78 is 25.7. The lowest BCUT2D eigenvalue weighted by molar-refractivity contribution is 0.0217. The van der Waals surface area contributed by atoms with Gasteiger partial charge in [-0.1, -0.05) is 23.9 Å². The van der Waals surface area contributed by atoms with Crippen molar-refractivity contribution in [3.63, 3.8) is 0 Å². The molecule has 2 aromatic carbocycles. The van der Waals surface area contributed by atoms with Gasteiger partial charge in [0.15, 0.2) is 0 Å². The molecule has 0 saturated carbocycles. The number of benzene rings is 2. The monoisotopic (exact) mass is 445 g/mol. The number of carbonyl (C=O) groups is 1. The molecule has 3 saturated heterocycles. The summed E-state index contributed by atoms with van der Waals surface area (Å²) in [5.74, 6) is 0.541. The van der Waals surface area contributed by atoms with Crippen LogP contribution in [0, 0.1) is 5.92 Å². The van der Waals surface area contributed by atoms with Crippen LogP contribution in [0.25, 0.3) is 0 Å². The lowest BCUT2D eigenvalue weighted by atomic mass is 9.79. The van der Waals surface area contributed by atoms with E-state index in [1.807, 2.05) is 36.4 Å². The Hall–Kier alpha value is -2.03. The molecule has 2 atom stereocenters. The molecule has 2 N–H and O–H groups in total. The Bertz CT molecular complexity index is 1010. The van der Waals surface area contributed by atoms with E-state index in [1.54, 1.807) is 12.1 Å². The summed E-state index contributed by atoms with van der Waals surface area (Å²) in [6.45, 7) is 4.48. The average molecular weight is 446 g/mol. The van der Waals surface area contributed by atoms with Crippen LogP contribution < -0.4 is 10.0 Å². The fourth-order valence-electron chi connectivity index (χ4n) is 4.42. The van der Waals surface area contributed by atoms with Crippen molar-refractivity contribution >= 4 is 33.4 Å². The highest BCUT2D eigenvalue weighted by Crippen LogP contribution is 2.34. The van der Waals surface area contributed by atoms with Gasteiger partial charge in [-0.2, -0.15) is 0 Å². The van der Waals surface area contributed by atoms with Crippen molar-refractivity contribution in [2.45, 2.75) is 41.6 Å². The van der Waals surface area contributed by atoms with E-state index in [2.05, 4.69) is 21.9 Å². The minimum atomic E-state index is -3.35. The van der Waals surface area contributed by atoms with Crippen molar-refractivity contribution in [1.82, 2.24) is 10.2 Å². The summed E-state index contributed by atoms with van der Waals surface area (Å²) in [5.41, 5.74) is 1.19. The number of sulfonamides is 1. The second-order valence-electron chi connectivity index (χ2n) is 8.11. The summed E-state index contributed by atoms with van der Waals surface area (Å²) in [6, 6.07) is 15.3. The van der Waals surface area contributed by atoms with Crippen molar-refractivity contribution in [3.8, 4) is 0 Å². The molecule has 8 heteroatoms. The number of anilines is 1. The molecule has 0 aliphatic carbocycles. The molecule has 3 heterocycles. The molecule has 5 rings (SSSR count). The number of fused-ring (bicyclic) bond motifs is 3. The third-order valence-electron chi connectivity index (χ3n) is 6.00. The van der Waals surface area contributed by atoms with Gasteiger partial charge in [0, 0.05) is 27.4 Å². The van der Waals surface area contributed by atoms with Crippen LogP contribution in [0.2, 0.25) is 0 Å². The van der Waals surface area contributed by atoms with E-state index in [9.17, 15) is 13.2 Å². The first-order valence-electron chi connectivity index (χ1n) is 10.2. The van der Waals surface area contributed by atoms with Crippen LogP contribution in [0.15, 0.2) is 58.3 Å². The first kappa shape index (κ1) is 21.2. The van der Waals surface area contributed by atoms with E-state index in [0.29, 0.717) is 23.2 Å². The maximum atomic E-state index is 12.8. The number of rotatable bonds is 6. The zero-order chi connectivity index (χ0) is 21.3. The largest absolute Gasteiger partial charge is 0.347 e. The molecule has 3 fully saturated rings. The molecule has 2 aromatic rings. The third kappa shape index (κ3) is 4.82. The second kappa shape index (κ2) is 8.61. The van der Waals surface area contributed by atoms with Gasteiger partial charge in [-0.15, -0.1) is 0 Å². The topological polar surface area (TPSA) is 78.5 Å². The maximum Gasteiger partial charge on any atom is 0.251 e. The zero-order valence-corrected chi connectivity index (χ0v) is 18.8. The average Bonchev–Trinajstić information content (AvgIpc) is 2.72. The summed E-state index contributed by atoms with van der Waals surface area (Å²) in [7, 11) is -3.35. The molecule has 0 spiro atoms. The van der Waals surface area contributed by atoms with Crippen LogP contribution in [0.3, 0.4) is 0 Å². The Morgan fingerprint density at radius 1 is 1.07 bits per heavy atom. The summed E-state index contributed by atoms with van der Waals surface area (Å²) in [4.78, 5) is 17.0. The minimum Gasteiger partial charge on any atom is -0.347 e. The van der Waals surface area contributed by atoms with Crippen molar-refractivity contribution in [3.05, 3.63) is 54.1 Å². The first-order chi connectivity index (χ1) is 14.3. The van der Waals surface area contributed by atoms with Gasteiger partial charge in [0.05, 0.1) is 11.9 Å². The molecule has 0 aromatic heterocycles. The molecule has 2 bridgehead atoms. The van der Waals surface area contributed by atoms with Gasteiger partial charge < -0.3 is 5.32 Å². The fraction of sp³-hybridized carbons (Fsp3) is 0.409. The molecule has 30 heavy (non-hydrogen) atoms. The molecule has 3 aliphatic rings. The Labute approximate surface area is 182 Å². The highest BCUT2D eigenvalue weighted by Gasteiger charge is 2.40. The third-order valence-corrected chi connectivity index (χ3v) is 7.68. The van der Waals surface area contributed by atoms with Gasteiger partial charge in [-0.25, -0.2) is 8.42 Å². The van der Waals surface area contributed by atoms with E-state index < -0.39 is 10.0 Å².